The van der Waals surface area contributed by atoms with Crippen LogP contribution in [0.2, 0.25) is 0 Å². The second-order valence-corrected chi connectivity index (χ2v) is 15.5. The minimum absolute atomic E-state index is 0.0136. The van der Waals surface area contributed by atoms with Gasteiger partial charge in [0.1, 0.15) is 5.54 Å². The van der Waals surface area contributed by atoms with Gasteiger partial charge in [0.2, 0.25) is 17.7 Å². The Balaban J connectivity index is 1.00. The lowest BCUT2D eigenvalue weighted by molar-refractivity contribution is -0.253. The topological polar surface area (TPSA) is 132 Å². The number of benzene rings is 4. The first-order valence-electron chi connectivity index (χ1n) is 20.3. The molecule has 0 aliphatic carbocycles. The predicted octanol–water partition coefficient (Wildman–Crippen LogP) is 6.13. The van der Waals surface area contributed by atoms with Crippen LogP contribution in [-0.4, -0.2) is 72.2 Å². The maximum atomic E-state index is 13.3. The van der Waals surface area contributed by atoms with Gasteiger partial charge in [-0.25, -0.2) is 0 Å². The molecule has 0 saturated carbocycles. The van der Waals surface area contributed by atoms with Crippen LogP contribution in [0.25, 0.3) is 11.1 Å². The number of carbonyl (C=O) groups is 3. The summed E-state index contributed by atoms with van der Waals surface area (Å²) in [5.74, 6) is 0.0961. The standard InChI is InChI=1S/C46H55N5O6/c1-33(53)47-25-9-3-6-14-43(54)48-29-38-10-7-8-13-41(38)35-19-21-37(22-20-35)44-56-40(28-42(57-44)36-17-15-34(31-52)16-18-36)30-50-26-23-46(24-27-50)45(55)49-32-51(46)39-11-4-2-5-12-39/h2,4-5,7-8,10-13,15-22,40,42,44,52H,3,6,9,14,23-32H2,1H3,(H,47,53)(H,48,54)(H,49,55). The van der Waals surface area contributed by atoms with E-state index in [1.54, 1.807) is 0 Å². The molecular weight excluding hydrogens is 719 g/mol. The molecule has 4 aromatic carbocycles. The van der Waals surface area contributed by atoms with Crippen molar-refractivity contribution in [3.8, 4) is 11.1 Å². The van der Waals surface area contributed by atoms with Gasteiger partial charge in [0, 0.05) is 63.7 Å². The van der Waals surface area contributed by atoms with E-state index in [1.165, 1.54) is 6.92 Å². The van der Waals surface area contributed by atoms with Crippen LogP contribution >= 0.6 is 0 Å². The number of nitrogens with one attached hydrogen (secondary N) is 3. The van der Waals surface area contributed by atoms with Crippen molar-refractivity contribution in [3.63, 3.8) is 0 Å². The van der Waals surface area contributed by atoms with Crippen molar-refractivity contribution >= 4 is 23.4 Å². The Labute approximate surface area is 335 Å². The van der Waals surface area contributed by atoms with E-state index in [0.29, 0.717) is 32.6 Å². The zero-order valence-electron chi connectivity index (χ0n) is 32.8. The van der Waals surface area contributed by atoms with Gasteiger partial charge in [-0.3, -0.25) is 14.4 Å². The molecule has 0 aromatic heterocycles. The Bertz CT molecular complexity index is 1950. The van der Waals surface area contributed by atoms with E-state index in [2.05, 4.69) is 68.2 Å². The maximum absolute atomic E-state index is 13.3. The quantitative estimate of drug-likeness (QED) is 0.106. The van der Waals surface area contributed by atoms with Crippen LogP contribution in [0.1, 0.15) is 86.5 Å². The number of ether oxygens (including phenoxy) is 2. The molecule has 1 spiro atoms. The van der Waals surface area contributed by atoms with Crippen molar-refractivity contribution in [2.24, 2.45) is 0 Å². The third-order valence-corrected chi connectivity index (χ3v) is 11.6. The fourth-order valence-electron chi connectivity index (χ4n) is 8.37. The van der Waals surface area contributed by atoms with Gasteiger partial charge >= 0.3 is 0 Å². The van der Waals surface area contributed by atoms with E-state index in [4.69, 9.17) is 9.47 Å². The summed E-state index contributed by atoms with van der Waals surface area (Å²) in [4.78, 5) is 41.6. The number of para-hydroxylation sites is 1. The molecule has 4 N–H and O–H groups in total. The molecule has 11 nitrogen and oxygen atoms in total. The minimum atomic E-state index is -0.585. The molecule has 0 bridgehead atoms. The van der Waals surface area contributed by atoms with E-state index in [1.807, 2.05) is 60.7 Å². The number of unbranched alkanes of at least 4 members (excludes halogenated alkanes) is 2. The average molecular weight is 774 g/mol. The van der Waals surface area contributed by atoms with Gasteiger partial charge in [-0.05, 0) is 65.6 Å². The highest BCUT2D eigenvalue weighted by molar-refractivity contribution is 5.93. The van der Waals surface area contributed by atoms with Gasteiger partial charge in [-0.1, -0.05) is 97.4 Å². The molecule has 3 fully saturated rings. The van der Waals surface area contributed by atoms with Gasteiger partial charge in [0.25, 0.3) is 0 Å². The third kappa shape index (κ3) is 9.91. The Morgan fingerprint density at radius 1 is 0.842 bits per heavy atom. The van der Waals surface area contributed by atoms with Gasteiger partial charge in [0.15, 0.2) is 6.29 Å². The first kappa shape index (κ1) is 40.1. The molecule has 4 aromatic rings. The molecule has 3 saturated heterocycles. The monoisotopic (exact) mass is 773 g/mol. The van der Waals surface area contributed by atoms with Gasteiger partial charge in [-0.2, -0.15) is 0 Å². The van der Waals surface area contributed by atoms with Gasteiger partial charge < -0.3 is 40.3 Å². The summed E-state index contributed by atoms with van der Waals surface area (Å²) in [5.41, 5.74) is 6.46. The first-order valence-corrected chi connectivity index (χ1v) is 20.3. The molecule has 3 aliphatic heterocycles. The lowest BCUT2D eigenvalue weighted by Gasteiger charge is -2.45. The Morgan fingerprint density at radius 2 is 1.56 bits per heavy atom. The summed E-state index contributed by atoms with van der Waals surface area (Å²) in [6, 6.07) is 34.6. The van der Waals surface area contributed by atoms with Crippen LogP contribution in [0.15, 0.2) is 103 Å². The minimum Gasteiger partial charge on any atom is -0.392 e. The number of hydrogen-bond acceptors (Lipinski definition) is 8. The second kappa shape index (κ2) is 18.9. The molecule has 3 atom stereocenters. The van der Waals surface area contributed by atoms with Crippen LogP contribution < -0.4 is 20.9 Å². The molecule has 3 aliphatic rings. The molecule has 11 heteroatoms. The molecular formula is C46H55N5O6. The van der Waals surface area contributed by atoms with E-state index >= 15 is 0 Å². The lowest BCUT2D eigenvalue weighted by Crippen LogP contribution is -2.57. The molecule has 300 valence electrons. The number of anilines is 1. The van der Waals surface area contributed by atoms with E-state index in [0.717, 1.165) is 90.8 Å². The molecule has 3 amide bonds. The number of aliphatic hydroxyl groups is 1. The fraction of sp³-hybridized carbons (Fsp3) is 0.413. The van der Waals surface area contributed by atoms with Crippen LogP contribution in [-0.2, 0) is 37.0 Å². The van der Waals surface area contributed by atoms with E-state index < -0.39 is 11.8 Å². The molecule has 7 rings (SSSR count). The van der Waals surface area contributed by atoms with Crippen molar-refractivity contribution < 1.29 is 29.0 Å². The van der Waals surface area contributed by atoms with Crippen molar-refractivity contribution in [2.75, 3.05) is 37.7 Å². The largest absolute Gasteiger partial charge is 0.392 e. The summed E-state index contributed by atoms with van der Waals surface area (Å²) in [6.45, 7) is 5.38. The number of amides is 3. The predicted molar refractivity (Wildman–Crippen MR) is 220 cm³/mol. The summed E-state index contributed by atoms with van der Waals surface area (Å²) >= 11 is 0. The highest BCUT2D eigenvalue weighted by atomic mass is 16.7. The summed E-state index contributed by atoms with van der Waals surface area (Å²) in [7, 11) is 0. The SMILES string of the molecule is CC(=O)NCCCCCC(=O)NCc1ccccc1-c1ccc(C2OC(CN3CCC4(CC3)C(=O)NCN4c3ccccc3)CC(c3ccc(CO)cc3)O2)cc1. The Morgan fingerprint density at radius 3 is 2.30 bits per heavy atom. The van der Waals surface area contributed by atoms with Crippen molar-refractivity contribution in [1.29, 1.82) is 0 Å². The van der Waals surface area contributed by atoms with Crippen molar-refractivity contribution in [1.82, 2.24) is 20.9 Å². The summed E-state index contributed by atoms with van der Waals surface area (Å²) in [6.07, 6.45) is 4.23. The number of nitrogens with zero attached hydrogens (tertiary/aromatic N) is 2. The zero-order chi connectivity index (χ0) is 39.6. The van der Waals surface area contributed by atoms with Gasteiger partial charge in [0.05, 0.1) is 25.5 Å². The van der Waals surface area contributed by atoms with E-state index in [9.17, 15) is 19.5 Å². The highest BCUT2D eigenvalue weighted by Crippen LogP contribution is 2.40. The number of carbonyl (C=O) groups excluding carboxylic acids is 3. The van der Waals surface area contributed by atoms with Crippen LogP contribution in [0.3, 0.4) is 0 Å². The Kier molecular flexibility index (Phi) is 13.3. The number of hydrogen-bond donors (Lipinski definition) is 4. The van der Waals surface area contributed by atoms with Crippen molar-refractivity contribution in [2.45, 2.75) is 89.1 Å². The lowest BCUT2D eigenvalue weighted by atomic mass is 9.85. The molecule has 3 heterocycles. The number of piperidine rings is 1. The first-order chi connectivity index (χ1) is 27.8. The van der Waals surface area contributed by atoms with Gasteiger partial charge in [-0.15, -0.1) is 0 Å². The number of aliphatic hydroxyl groups excluding tert-OH is 1. The molecule has 57 heavy (non-hydrogen) atoms. The molecule has 0 radical (unpaired) electrons. The molecule has 3 unspecified atom stereocenters. The highest BCUT2D eigenvalue weighted by Gasteiger charge is 2.50. The van der Waals surface area contributed by atoms with Crippen LogP contribution in [0.5, 0.6) is 0 Å². The number of likely N-dealkylation sites (tertiary alicyclic amines) is 1. The maximum Gasteiger partial charge on any atom is 0.247 e. The van der Waals surface area contributed by atoms with Crippen LogP contribution in [0, 0.1) is 0 Å². The van der Waals surface area contributed by atoms with E-state index in [-0.39, 0.29) is 36.5 Å². The number of rotatable bonds is 15. The average Bonchev–Trinajstić information content (AvgIpc) is 3.56. The zero-order valence-corrected chi connectivity index (χ0v) is 32.8. The van der Waals surface area contributed by atoms with Crippen LogP contribution in [0.4, 0.5) is 5.69 Å². The summed E-state index contributed by atoms with van der Waals surface area (Å²) < 4.78 is 13.4. The normalized spacial score (nSPS) is 20.6. The Hall–Kier alpha value is -5.07. The second-order valence-electron chi connectivity index (χ2n) is 15.5. The summed E-state index contributed by atoms with van der Waals surface area (Å²) in [5, 5.41) is 18.6. The van der Waals surface area contributed by atoms with Crippen molar-refractivity contribution in [3.05, 3.63) is 125 Å². The fourth-order valence-corrected chi connectivity index (χ4v) is 8.37. The smallest absolute Gasteiger partial charge is 0.247 e. The third-order valence-electron chi connectivity index (χ3n) is 11.6.